The molecule has 0 saturated heterocycles. The molecule has 0 aliphatic carbocycles. The van der Waals surface area contributed by atoms with Crippen molar-refractivity contribution < 1.29 is 17.2 Å². The monoisotopic (exact) mass is 307 g/mol. The Balaban J connectivity index is 2.85. The second kappa shape index (κ2) is 6.47. The van der Waals surface area contributed by atoms with Gasteiger partial charge in [0.1, 0.15) is 11.6 Å². The van der Waals surface area contributed by atoms with Crippen LogP contribution in [-0.4, -0.2) is 39.5 Å². The van der Waals surface area contributed by atoms with Gasteiger partial charge in [0, 0.05) is 24.8 Å². The summed E-state index contributed by atoms with van der Waals surface area (Å²) in [6.07, 6.45) is 0. The first kappa shape index (κ1) is 16.8. The summed E-state index contributed by atoms with van der Waals surface area (Å²) in [6.45, 7) is 4.39. The molecule has 0 unspecified atom stereocenters. The van der Waals surface area contributed by atoms with Crippen LogP contribution < -0.4 is 10.5 Å². The lowest BCUT2D eigenvalue weighted by atomic mass is 10.3. The average Bonchev–Trinajstić information content (AvgIpc) is 2.26. The number of benzene rings is 1. The summed E-state index contributed by atoms with van der Waals surface area (Å²) in [6, 6.07) is 1.79. The maximum absolute atomic E-state index is 13.6. The highest BCUT2D eigenvalue weighted by Gasteiger charge is 2.24. The molecule has 0 radical (unpaired) electrons. The Labute approximate surface area is 117 Å². The molecule has 0 atom stereocenters. The van der Waals surface area contributed by atoms with E-state index in [1.807, 2.05) is 25.8 Å². The minimum atomic E-state index is -4.24. The van der Waals surface area contributed by atoms with E-state index in [0.29, 0.717) is 6.54 Å². The first-order valence-corrected chi connectivity index (χ1v) is 7.58. The quantitative estimate of drug-likeness (QED) is 0.774. The number of anilines is 1. The molecule has 5 nitrogen and oxygen atoms in total. The fraction of sp³-hybridized carbons (Fsp3) is 0.500. The standard InChI is InChI=1S/C12H19F2N3O2S/c1-8(2)17(3)5-4-16-20(18,19)12-10(13)6-9(15)7-11(12)14/h6-8,16H,4-5,15H2,1-3H3. The van der Waals surface area contributed by atoms with Crippen LogP contribution in [0, 0.1) is 11.6 Å². The van der Waals surface area contributed by atoms with Crippen LogP contribution in [0.15, 0.2) is 17.0 Å². The van der Waals surface area contributed by atoms with Gasteiger partial charge in [-0.15, -0.1) is 0 Å². The van der Waals surface area contributed by atoms with E-state index in [4.69, 9.17) is 5.73 Å². The van der Waals surface area contributed by atoms with Crippen LogP contribution in [0.1, 0.15) is 13.8 Å². The predicted octanol–water partition coefficient (Wildman–Crippen LogP) is 1.17. The van der Waals surface area contributed by atoms with E-state index in [0.717, 1.165) is 12.1 Å². The van der Waals surface area contributed by atoms with Crippen molar-refractivity contribution in [2.45, 2.75) is 24.8 Å². The Hall–Kier alpha value is -1.25. The Morgan fingerprint density at radius 1 is 1.30 bits per heavy atom. The number of rotatable bonds is 6. The number of nitrogens with zero attached hydrogens (tertiary/aromatic N) is 1. The van der Waals surface area contributed by atoms with Crippen LogP contribution in [0.4, 0.5) is 14.5 Å². The van der Waals surface area contributed by atoms with Gasteiger partial charge < -0.3 is 10.6 Å². The van der Waals surface area contributed by atoms with Crippen LogP contribution in [0.3, 0.4) is 0 Å². The maximum atomic E-state index is 13.6. The van der Waals surface area contributed by atoms with E-state index < -0.39 is 26.6 Å². The van der Waals surface area contributed by atoms with Gasteiger partial charge in [0.05, 0.1) is 0 Å². The topological polar surface area (TPSA) is 75.4 Å². The number of hydrogen-bond donors (Lipinski definition) is 2. The van der Waals surface area contributed by atoms with Crippen LogP contribution in [0.2, 0.25) is 0 Å². The minimum absolute atomic E-state index is 0.0558. The largest absolute Gasteiger partial charge is 0.399 e. The number of hydrogen-bond acceptors (Lipinski definition) is 4. The third-order valence-corrected chi connectivity index (χ3v) is 4.44. The molecule has 0 aromatic heterocycles. The van der Waals surface area contributed by atoms with Crippen molar-refractivity contribution in [1.29, 1.82) is 0 Å². The molecule has 0 bridgehead atoms. The molecule has 0 fully saturated rings. The fourth-order valence-corrected chi connectivity index (χ4v) is 2.66. The van der Waals surface area contributed by atoms with Gasteiger partial charge in [-0.3, -0.25) is 0 Å². The Morgan fingerprint density at radius 3 is 2.25 bits per heavy atom. The Kier molecular flexibility index (Phi) is 5.43. The molecule has 0 aliphatic heterocycles. The second-order valence-corrected chi connectivity index (χ2v) is 6.49. The smallest absolute Gasteiger partial charge is 0.246 e. The average molecular weight is 307 g/mol. The lowest BCUT2D eigenvalue weighted by Gasteiger charge is -2.21. The van der Waals surface area contributed by atoms with Crippen molar-refractivity contribution in [2.75, 3.05) is 25.9 Å². The zero-order valence-corrected chi connectivity index (χ0v) is 12.5. The van der Waals surface area contributed by atoms with E-state index in [1.54, 1.807) is 0 Å². The molecular formula is C12H19F2N3O2S. The van der Waals surface area contributed by atoms with Gasteiger partial charge in [-0.25, -0.2) is 21.9 Å². The highest BCUT2D eigenvalue weighted by molar-refractivity contribution is 7.89. The lowest BCUT2D eigenvalue weighted by Crippen LogP contribution is -2.36. The zero-order valence-electron chi connectivity index (χ0n) is 11.7. The van der Waals surface area contributed by atoms with E-state index in [9.17, 15) is 17.2 Å². The van der Waals surface area contributed by atoms with Crippen LogP contribution in [0.25, 0.3) is 0 Å². The molecule has 1 aromatic rings. The summed E-state index contributed by atoms with van der Waals surface area (Å²) in [5.74, 6) is -2.40. The zero-order chi connectivity index (χ0) is 15.5. The third-order valence-electron chi connectivity index (χ3n) is 2.93. The minimum Gasteiger partial charge on any atom is -0.399 e. The van der Waals surface area contributed by atoms with Crippen molar-refractivity contribution in [3.63, 3.8) is 0 Å². The first-order chi connectivity index (χ1) is 9.15. The van der Waals surface area contributed by atoms with E-state index >= 15 is 0 Å². The predicted molar refractivity (Wildman–Crippen MR) is 73.7 cm³/mol. The number of halogens is 2. The molecule has 8 heteroatoms. The number of sulfonamides is 1. The van der Waals surface area contributed by atoms with Gasteiger partial charge in [-0.2, -0.15) is 0 Å². The normalized spacial score (nSPS) is 12.3. The van der Waals surface area contributed by atoms with Crippen molar-refractivity contribution in [3.8, 4) is 0 Å². The molecule has 114 valence electrons. The molecule has 0 aliphatic rings. The van der Waals surface area contributed by atoms with Crippen molar-refractivity contribution in [2.24, 2.45) is 0 Å². The van der Waals surface area contributed by atoms with E-state index in [2.05, 4.69) is 4.72 Å². The molecule has 1 rings (SSSR count). The summed E-state index contributed by atoms with van der Waals surface area (Å²) >= 11 is 0. The summed E-state index contributed by atoms with van der Waals surface area (Å²) in [4.78, 5) is 0.900. The van der Waals surface area contributed by atoms with Gasteiger partial charge in [0.2, 0.25) is 10.0 Å². The molecule has 0 saturated carbocycles. The fourth-order valence-electron chi connectivity index (χ4n) is 1.52. The van der Waals surface area contributed by atoms with Gasteiger partial charge in [-0.1, -0.05) is 0 Å². The van der Waals surface area contributed by atoms with Gasteiger partial charge in [0.25, 0.3) is 0 Å². The number of likely N-dealkylation sites (N-methyl/N-ethyl adjacent to an activating group) is 1. The summed E-state index contributed by atoms with van der Waals surface area (Å²) in [7, 11) is -2.42. The number of nitrogens with two attached hydrogens (primary N) is 1. The SMILES string of the molecule is CC(C)N(C)CCNS(=O)(=O)c1c(F)cc(N)cc1F. The van der Waals surface area contributed by atoms with Gasteiger partial charge in [0.15, 0.2) is 4.90 Å². The summed E-state index contributed by atoms with van der Waals surface area (Å²) < 4.78 is 53.1. The van der Waals surface area contributed by atoms with E-state index in [-0.39, 0.29) is 18.3 Å². The summed E-state index contributed by atoms with van der Waals surface area (Å²) in [5.41, 5.74) is 5.07. The molecule has 0 spiro atoms. The second-order valence-electron chi connectivity index (χ2n) is 4.79. The van der Waals surface area contributed by atoms with Crippen molar-refractivity contribution >= 4 is 15.7 Å². The maximum Gasteiger partial charge on any atom is 0.246 e. The molecule has 0 amide bonds. The number of nitrogens with one attached hydrogen (secondary N) is 1. The third kappa shape index (κ3) is 4.12. The van der Waals surface area contributed by atoms with Crippen LogP contribution in [0.5, 0.6) is 0 Å². The van der Waals surface area contributed by atoms with Crippen LogP contribution in [-0.2, 0) is 10.0 Å². The van der Waals surface area contributed by atoms with Crippen molar-refractivity contribution in [3.05, 3.63) is 23.8 Å². The molecule has 3 N–H and O–H groups in total. The highest BCUT2D eigenvalue weighted by atomic mass is 32.2. The molecule has 20 heavy (non-hydrogen) atoms. The van der Waals surface area contributed by atoms with Gasteiger partial charge in [-0.05, 0) is 33.0 Å². The number of nitrogen functional groups attached to an aromatic ring is 1. The summed E-state index contributed by atoms with van der Waals surface area (Å²) in [5, 5.41) is 0. The molecule has 1 aromatic carbocycles. The van der Waals surface area contributed by atoms with E-state index in [1.165, 1.54) is 0 Å². The lowest BCUT2D eigenvalue weighted by molar-refractivity contribution is 0.278. The van der Waals surface area contributed by atoms with Crippen LogP contribution >= 0.6 is 0 Å². The first-order valence-electron chi connectivity index (χ1n) is 6.09. The Bertz CT molecular complexity index is 553. The molecule has 0 heterocycles. The Morgan fingerprint density at radius 2 is 1.80 bits per heavy atom. The van der Waals surface area contributed by atoms with Gasteiger partial charge >= 0.3 is 0 Å². The highest BCUT2D eigenvalue weighted by Crippen LogP contribution is 2.21. The molecular weight excluding hydrogens is 288 g/mol. The van der Waals surface area contributed by atoms with Crippen molar-refractivity contribution in [1.82, 2.24) is 9.62 Å².